The second-order valence-electron chi connectivity index (χ2n) is 6.20. The van der Waals surface area contributed by atoms with Gasteiger partial charge in [-0.1, -0.05) is 35.6 Å². The molecule has 0 radical (unpaired) electrons. The van der Waals surface area contributed by atoms with E-state index in [-0.39, 0.29) is 6.03 Å². The Labute approximate surface area is 171 Å². The first kappa shape index (κ1) is 18.5. The average molecular weight is 400 g/mol. The molecular weight excluding hydrogens is 384 g/mol. The monoisotopic (exact) mass is 400 g/mol. The fraction of sp³-hybridized carbons (Fsp3) is 0.0455. The molecule has 6 nitrogen and oxygen atoms in total. The van der Waals surface area contributed by atoms with Gasteiger partial charge in [0, 0.05) is 5.69 Å². The van der Waals surface area contributed by atoms with Gasteiger partial charge < -0.3 is 10.1 Å². The van der Waals surface area contributed by atoms with E-state index in [4.69, 9.17) is 10.00 Å². The first-order valence-corrected chi connectivity index (χ1v) is 9.59. The van der Waals surface area contributed by atoms with Crippen molar-refractivity contribution in [3.63, 3.8) is 0 Å². The molecule has 0 saturated carbocycles. The highest BCUT2D eigenvalue weighted by molar-refractivity contribution is 7.22. The number of methoxy groups -OCH3 is 1. The molecule has 29 heavy (non-hydrogen) atoms. The maximum Gasteiger partial charge on any atom is 0.325 e. The third kappa shape index (κ3) is 4.18. The van der Waals surface area contributed by atoms with Crippen LogP contribution in [0, 0.1) is 11.3 Å². The number of thiazole rings is 1. The van der Waals surface area contributed by atoms with E-state index < -0.39 is 0 Å². The molecule has 0 spiro atoms. The maximum absolute atomic E-state index is 12.4. The van der Waals surface area contributed by atoms with Gasteiger partial charge in [0.25, 0.3) is 0 Å². The molecule has 2 amide bonds. The summed E-state index contributed by atoms with van der Waals surface area (Å²) < 4.78 is 6.03. The number of carbonyl (C=O) groups is 1. The first-order chi connectivity index (χ1) is 14.1. The van der Waals surface area contributed by atoms with Crippen LogP contribution in [0.4, 0.5) is 15.6 Å². The minimum atomic E-state index is -0.378. The van der Waals surface area contributed by atoms with E-state index >= 15 is 0 Å². The number of urea groups is 1. The fourth-order valence-corrected chi connectivity index (χ4v) is 3.77. The fourth-order valence-electron chi connectivity index (χ4n) is 2.87. The first-order valence-electron chi connectivity index (χ1n) is 8.78. The van der Waals surface area contributed by atoms with Gasteiger partial charge in [0.1, 0.15) is 5.75 Å². The van der Waals surface area contributed by atoms with Gasteiger partial charge in [-0.05, 0) is 53.6 Å². The minimum absolute atomic E-state index is 0.378. The van der Waals surface area contributed by atoms with Gasteiger partial charge in [0.2, 0.25) is 0 Å². The van der Waals surface area contributed by atoms with E-state index in [0.717, 1.165) is 27.1 Å². The van der Waals surface area contributed by atoms with Gasteiger partial charge in [-0.2, -0.15) is 5.26 Å². The molecule has 0 atom stereocenters. The third-order valence-corrected chi connectivity index (χ3v) is 5.22. The Balaban J connectivity index is 1.47. The largest absolute Gasteiger partial charge is 0.497 e. The van der Waals surface area contributed by atoms with E-state index in [1.807, 2.05) is 48.5 Å². The molecule has 0 aliphatic carbocycles. The van der Waals surface area contributed by atoms with Crippen LogP contribution in [0.1, 0.15) is 5.56 Å². The van der Waals surface area contributed by atoms with Crippen molar-refractivity contribution < 1.29 is 9.53 Å². The normalized spacial score (nSPS) is 10.3. The van der Waals surface area contributed by atoms with Crippen molar-refractivity contribution in [3.8, 4) is 22.9 Å². The molecular formula is C22H16N4O2S. The van der Waals surface area contributed by atoms with Gasteiger partial charge in [-0.3, -0.25) is 5.32 Å². The molecule has 7 heteroatoms. The molecule has 4 rings (SSSR count). The van der Waals surface area contributed by atoms with E-state index in [1.165, 1.54) is 11.3 Å². The van der Waals surface area contributed by atoms with Gasteiger partial charge in [0.15, 0.2) is 5.13 Å². The molecule has 0 aliphatic rings. The number of hydrogen-bond donors (Lipinski definition) is 2. The smallest absolute Gasteiger partial charge is 0.325 e. The number of fused-ring (bicyclic) bond motifs is 1. The number of aromatic nitrogens is 1. The Morgan fingerprint density at radius 2 is 1.86 bits per heavy atom. The number of anilines is 2. The van der Waals surface area contributed by atoms with E-state index in [2.05, 4.69) is 21.7 Å². The van der Waals surface area contributed by atoms with Crippen molar-refractivity contribution in [1.82, 2.24) is 4.98 Å². The lowest BCUT2D eigenvalue weighted by Gasteiger charge is -2.08. The summed E-state index contributed by atoms with van der Waals surface area (Å²) in [5, 5.41) is 15.0. The molecule has 2 N–H and O–H groups in total. The molecule has 0 fully saturated rings. The van der Waals surface area contributed by atoms with E-state index in [1.54, 1.807) is 25.3 Å². The van der Waals surface area contributed by atoms with Crippen molar-refractivity contribution in [1.29, 1.82) is 5.26 Å². The molecule has 142 valence electrons. The Hall–Kier alpha value is -3.89. The molecule has 3 aromatic carbocycles. The lowest BCUT2D eigenvalue weighted by molar-refractivity contribution is 0.262. The summed E-state index contributed by atoms with van der Waals surface area (Å²) in [6.07, 6.45) is 0. The van der Waals surface area contributed by atoms with Gasteiger partial charge in [-0.15, -0.1) is 0 Å². The molecule has 0 bridgehead atoms. The molecule has 0 saturated heterocycles. The van der Waals surface area contributed by atoms with Crippen molar-refractivity contribution >= 4 is 38.4 Å². The summed E-state index contributed by atoms with van der Waals surface area (Å²) >= 11 is 1.32. The average Bonchev–Trinajstić information content (AvgIpc) is 3.15. The summed E-state index contributed by atoms with van der Waals surface area (Å²) in [7, 11) is 1.63. The number of hydrogen-bond acceptors (Lipinski definition) is 5. The van der Waals surface area contributed by atoms with Crippen molar-refractivity contribution in [3.05, 3.63) is 72.3 Å². The predicted octanol–water partition coefficient (Wildman–Crippen LogP) is 5.49. The minimum Gasteiger partial charge on any atom is -0.497 e. The standard InChI is InChI=1S/C22H16N4O2S/c1-28-18-8-6-15(7-9-18)16-3-2-4-17(12-16)24-21(27)26-22-25-19-10-5-14(13-23)11-20(19)29-22/h2-12H,1H3,(H2,24,25,26,27). The quantitative estimate of drug-likeness (QED) is 0.474. The van der Waals surface area contributed by atoms with Gasteiger partial charge >= 0.3 is 6.03 Å². The number of amides is 2. The number of nitriles is 1. The zero-order valence-corrected chi connectivity index (χ0v) is 16.3. The topological polar surface area (TPSA) is 87.0 Å². The summed E-state index contributed by atoms with van der Waals surface area (Å²) in [5.74, 6) is 0.792. The number of carbonyl (C=O) groups excluding carboxylic acids is 1. The number of rotatable bonds is 4. The lowest BCUT2D eigenvalue weighted by atomic mass is 10.1. The summed E-state index contributed by atoms with van der Waals surface area (Å²) in [5.41, 5.74) is 3.98. The summed E-state index contributed by atoms with van der Waals surface area (Å²) in [6, 6.07) is 22.3. The highest BCUT2D eigenvalue weighted by Crippen LogP contribution is 2.27. The molecule has 1 aromatic heterocycles. The molecule has 0 unspecified atom stereocenters. The Bertz CT molecular complexity index is 1230. The highest BCUT2D eigenvalue weighted by Gasteiger charge is 2.09. The Morgan fingerprint density at radius 1 is 1.03 bits per heavy atom. The SMILES string of the molecule is COc1ccc(-c2cccc(NC(=O)Nc3nc4ccc(C#N)cc4s3)c2)cc1. The summed E-state index contributed by atoms with van der Waals surface area (Å²) in [4.78, 5) is 16.8. The number of nitrogens with zero attached hydrogens (tertiary/aromatic N) is 2. The van der Waals surface area contributed by atoms with Crippen LogP contribution in [-0.2, 0) is 0 Å². The van der Waals surface area contributed by atoms with Crippen molar-refractivity contribution in [2.24, 2.45) is 0 Å². The third-order valence-electron chi connectivity index (χ3n) is 4.28. The van der Waals surface area contributed by atoms with E-state index in [0.29, 0.717) is 16.4 Å². The van der Waals surface area contributed by atoms with Crippen molar-refractivity contribution in [2.45, 2.75) is 0 Å². The van der Waals surface area contributed by atoms with Crippen LogP contribution < -0.4 is 15.4 Å². The molecule has 1 heterocycles. The Morgan fingerprint density at radius 3 is 2.62 bits per heavy atom. The zero-order valence-electron chi connectivity index (χ0n) is 15.5. The second-order valence-corrected chi connectivity index (χ2v) is 7.23. The van der Waals surface area contributed by atoms with Gasteiger partial charge in [0.05, 0.1) is 29.0 Å². The van der Waals surface area contributed by atoms with Crippen LogP contribution in [0.25, 0.3) is 21.3 Å². The lowest BCUT2D eigenvalue weighted by Crippen LogP contribution is -2.19. The van der Waals surface area contributed by atoms with Crippen LogP contribution in [0.3, 0.4) is 0 Å². The Kier molecular flexibility index (Phi) is 5.10. The molecule has 4 aromatic rings. The summed E-state index contributed by atoms with van der Waals surface area (Å²) in [6.45, 7) is 0. The zero-order chi connectivity index (χ0) is 20.2. The van der Waals surface area contributed by atoms with Crippen LogP contribution in [0.2, 0.25) is 0 Å². The maximum atomic E-state index is 12.4. The number of benzene rings is 3. The second kappa shape index (κ2) is 8.00. The van der Waals surface area contributed by atoms with Crippen LogP contribution >= 0.6 is 11.3 Å². The molecule has 0 aliphatic heterocycles. The highest BCUT2D eigenvalue weighted by atomic mass is 32.1. The van der Waals surface area contributed by atoms with Crippen LogP contribution in [0.15, 0.2) is 66.7 Å². The van der Waals surface area contributed by atoms with Crippen molar-refractivity contribution in [2.75, 3.05) is 17.7 Å². The van der Waals surface area contributed by atoms with Gasteiger partial charge in [-0.25, -0.2) is 9.78 Å². The number of nitrogens with one attached hydrogen (secondary N) is 2. The van der Waals surface area contributed by atoms with E-state index in [9.17, 15) is 4.79 Å². The van der Waals surface area contributed by atoms with Crippen LogP contribution in [-0.4, -0.2) is 18.1 Å². The number of ether oxygens (including phenoxy) is 1. The van der Waals surface area contributed by atoms with Crippen LogP contribution in [0.5, 0.6) is 5.75 Å². The predicted molar refractivity (Wildman–Crippen MR) is 115 cm³/mol.